The highest BCUT2D eigenvalue weighted by Crippen LogP contribution is 2.27. The molecule has 0 spiro atoms. The van der Waals surface area contributed by atoms with Crippen LogP contribution in [0.15, 0.2) is 28.7 Å². The van der Waals surface area contributed by atoms with Crippen LogP contribution in [-0.2, 0) is 4.74 Å². The monoisotopic (exact) mass is 325 g/mol. The largest absolute Gasteiger partial charge is 0.459 e. The molecule has 0 amide bonds. The summed E-state index contributed by atoms with van der Waals surface area (Å²) in [5.41, 5.74) is 6.25. The van der Waals surface area contributed by atoms with Crippen LogP contribution in [0, 0.1) is 0 Å². The number of alkyl halides is 4. The highest BCUT2D eigenvalue weighted by atomic mass is 35.5. The molecule has 0 saturated carbocycles. The minimum absolute atomic E-state index is 0.299. The van der Waals surface area contributed by atoms with Gasteiger partial charge in [-0.2, -0.15) is 8.78 Å². The summed E-state index contributed by atoms with van der Waals surface area (Å²) in [4.78, 5) is 0. The number of hydrogen-bond acceptors (Lipinski definition) is 3. The van der Waals surface area contributed by atoms with Crippen LogP contribution in [0.2, 0.25) is 5.02 Å². The van der Waals surface area contributed by atoms with Gasteiger partial charge in [-0.3, -0.25) is 0 Å². The van der Waals surface area contributed by atoms with Crippen molar-refractivity contribution in [3.63, 3.8) is 0 Å². The van der Waals surface area contributed by atoms with Crippen molar-refractivity contribution >= 4 is 22.6 Å². The number of furan rings is 1. The van der Waals surface area contributed by atoms with Crippen molar-refractivity contribution in [3.8, 4) is 0 Å². The van der Waals surface area contributed by atoms with E-state index in [4.69, 9.17) is 21.8 Å². The fourth-order valence-electron chi connectivity index (χ4n) is 1.68. The lowest BCUT2D eigenvalue weighted by atomic mass is 10.2. The fourth-order valence-corrected chi connectivity index (χ4v) is 1.87. The van der Waals surface area contributed by atoms with E-state index in [9.17, 15) is 17.6 Å². The first kappa shape index (κ1) is 16.1. The minimum Gasteiger partial charge on any atom is -0.459 e. The number of fused-ring (bicyclic) bond motifs is 1. The molecule has 1 atom stereocenters. The molecule has 1 heterocycles. The zero-order chi connectivity index (χ0) is 15.6. The SMILES string of the molecule is NC(COCC(F)(F)C(F)F)c1cc2cc(Cl)ccc2o1. The standard InChI is InChI=1S/C13H12ClF4NO2/c14-8-1-2-10-7(3-8)4-11(21-10)9(19)5-20-6-13(17,18)12(15)16/h1-4,9,12H,5-6,19H2. The minimum atomic E-state index is -4.19. The molecule has 21 heavy (non-hydrogen) atoms. The van der Waals surface area contributed by atoms with Crippen LogP contribution in [0.1, 0.15) is 11.8 Å². The molecule has 0 bridgehead atoms. The summed E-state index contributed by atoms with van der Waals surface area (Å²) in [7, 11) is 0. The molecule has 2 rings (SSSR count). The van der Waals surface area contributed by atoms with Gasteiger partial charge < -0.3 is 14.9 Å². The molecule has 1 aromatic heterocycles. The normalized spacial score (nSPS) is 14.0. The molecule has 0 aliphatic heterocycles. The second-order valence-electron chi connectivity index (χ2n) is 4.51. The maximum absolute atomic E-state index is 12.7. The molecule has 116 valence electrons. The number of benzene rings is 1. The van der Waals surface area contributed by atoms with Gasteiger partial charge in [0.15, 0.2) is 0 Å². The Bertz CT molecular complexity index is 617. The molecular weight excluding hydrogens is 314 g/mol. The van der Waals surface area contributed by atoms with E-state index in [0.29, 0.717) is 21.8 Å². The quantitative estimate of drug-likeness (QED) is 0.817. The van der Waals surface area contributed by atoms with Crippen LogP contribution in [0.4, 0.5) is 17.6 Å². The van der Waals surface area contributed by atoms with Gasteiger partial charge in [-0.05, 0) is 24.3 Å². The molecule has 0 aliphatic carbocycles. The summed E-state index contributed by atoms with van der Waals surface area (Å²) in [6.07, 6.45) is -3.78. The van der Waals surface area contributed by atoms with Gasteiger partial charge in [0, 0.05) is 10.4 Å². The van der Waals surface area contributed by atoms with E-state index in [2.05, 4.69) is 4.74 Å². The molecule has 0 radical (unpaired) electrons. The van der Waals surface area contributed by atoms with E-state index < -0.39 is 25.0 Å². The van der Waals surface area contributed by atoms with Crippen LogP contribution >= 0.6 is 11.6 Å². The Morgan fingerprint density at radius 1 is 1.29 bits per heavy atom. The Hall–Kier alpha value is -1.31. The third-order valence-corrected chi connectivity index (χ3v) is 3.01. The van der Waals surface area contributed by atoms with Crippen molar-refractivity contribution in [1.82, 2.24) is 0 Å². The predicted octanol–water partition coefficient (Wildman–Crippen LogP) is 4.00. The summed E-state index contributed by atoms with van der Waals surface area (Å²) >= 11 is 5.82. The molecule has 3 nitrogen and oxygen atoms in total. The smallest absolute Gasteiger partial charge is 0.330 e. The molecule has 0 saturated heterocycles. The highest BCUT2D eigenvalue weighted by molar-refractivity contribution is 6.31. The van der Waals surface area contributed by atoms with E-state index >= 15 is 0 Å². The number of halogens is 5. The van der Waals surface area contributed by atoms with Gasteiger partial charge in [-0.15, -0.1) is 0 Å². The van der Waals surface area contributed by atoms with Gasteiger partial charge in [0.2, 0.25) is 0 Å². The lowest BCUT2D eigenvalue weighted by molar-refractivity contribution is -0.166. The Morgan fingerprint density at radius 3 is 2.67 bits per heavy atom. The Balaban J connectivity index is 1.97. The second-order valence-corrected chi connectivity index (χ2v) is 4.95. The maximum atomic E-state index is 12.7. The van der Waals surface area contributed by atoms with Gasteiger partial charge in [-0.1, -0.05) is 11.6 Å². The molecule has 1 unspecified atom stereocenters. The van der Waals surface area contributed by atoms with Gasteiger partial charge in [0.05, 0.1) is 12.6 Å². The van der Waals surface area contributed by atoms with Crippen molar-refractivity contribution in [2.24, 2.45) is 5.73 Å². The highest BCUT2D eigenvalue weighted by Gasteiger charge is 2.41. The lowest BCUT2D eigenvalue weighted by Gasteiger charge is -2.16. The van der Waals surface area contributed by atoms with Crippen LogP contribution in [-0.4, -0.2) is 25.6 Å². The van der Waals surface area contributed by atoms with E-state index in [-0.39, 0.29) is 6.61 Å². The number of nitrogens with two attached hydrogens (primary N) is 1. The summed E-state index contributed by atoms with van der Waals surface area (Å²) in [5, 5.41) is 1.21. The van der Waals surface area contributed by atoms with E-state index in [1.807, 2.05) is 0 Å². The van der Waals surface area contributed by atoms with Crippen molar-refractivity contribution in [2.75, 3.05) is 13.2 Å². The molecule has 0 fully saturated rings. The van der Waals surface area contributed by atoms with Gasteiger partial charge in [-0.25, -0.2) is 8.78 Å². The van der Waals surface area contributed by atoms with Crippen LogP contribution < -0.4 is 5.73 Å². The Kier molecular flexibility index (Phi) is 4.75. The third kappa shape index (κ3) is 3.87. The molecular formula is C13H12ClF4NO2. The van der Waals surface area contributed by atoms with Crippen LogP contribution in [0.25, 0.3) is 11.0 Å². The molecule has 0 aliphatic rings. The third-order valence-electron chi connectivity index (χ3n) is 2.77. The number of rotatable bonds is 6. The average molecular weight is 326 g/mol. The first-order chi connectivity index (χ1) is 9.79. The van der Waals surface area contributed by atoms with Crippen molar-refractivity contribution < 1.29 is 26.7 Å². The Labute approximate surface area is 122 Å². The number of ether oxygens (including phenoxy) is 1. The topological polar surface area (TPSA) is 48.4 Å². The van der Waals surface area contributed by atoms with E-state index in [0.717, 1.165) is 0 Å². The van der Waals surface area contributed by atoms with E-state index in [1.54, 1.807) is 24.3 Å². The summed E-state index contributed by atoms with van der Waals surface area (Å²) in [6.45, 7) is -1.76. The summed E-state index contributed by atoms with van der Waals surface area (Å²) < 4.78 is 59.2. The zero-order valence-electron chi connectivity index (χ0n) is 10.7. The lowest BCUT2D eigenvalue weighted by Crippen LogP contribution is -2.33. The van der Waals surface area contributed by atoms with Crippen LogP contribution in [0.5, 0.6) is 0 Å². The summed E-state index contributed by atoms with van der Waals surface area (Å²) in [5.74, 6) is -3.89. The first-order valence-electron chi connectivity index (χ1n) is 5.98. The Morgan fingerprint density at radius 2 is 2.00 bits per heavy atom. The van der Waals surface area contributed by atoms with Gasteiger partial charge >= 0.3 is 12.3 Å². The van der Waals surface area contributed by atoms with Crippen molar-refractivity contribution in [1.29, 1.82) is 0 Å². The first-order valence-corrected chi connectivity index (χ1v) is 6.35. The number of hydrogen-bond donors (Lipinski definition) is 1. The van der Waals surface area contributed by atoms with E-state index in [1.165, 1.54) is 0 Å². The molecule has 2 N–H and O–H groups in total. The average Bonchev–Trinajstić information content (AvgIpc) is 2.81. The zero-order valence-corrected chi connectivity index (χ0v) is 11.4. The molecule has 8 heteroatoms. The van der Waals surface area contributed by atoms with Gasteiger partial charge in [0.1, 0.15) is 18.0 Å². The van der Waals surface area contributed by atoms with Crippen molar-refractivity contribution in [3.05, 3.63) is 35.0 Å². The van der Waals surface area contributed by atoms with Gasteiger partial charge in [0.25, 0.3) is 0 Å². The van der Waals surface area contributed by atoms with Crippen LogP contribution in [0.3, 0.4) is 0 Å². The van der Waals surface area contributed by atoms with Crippen molar-refractivity contribution in [2.45, 2.75) is 18.4 Å². The fraction of sp³-hybridized carbons (Fsp3) is 0.385. The maximum Gasteiger partial charge on any atom is 0.330 e. The predicted molar refractivity (Wildman–Crippen MR) is 69.9 cm³/mol. The second kappa shape index (κ2) is 6.21. The summed E-state index contributed by atoms with van der Waals surface area (Å²) in [6, 6.07) is 5.68. The molecule has 2 aromatic rings. The molecule has 1 aromatic carbocycles.